The molecular weight excluding hydrogens is 1060 g/mol. The number of rotatable bonds is 8. The Morgan fingerprint density at radius 2 is 0.545 bits per heavy atom. The number of benzene rings is 16. The van der Waals surface area contributed by atoms with Crippen LogP contribution in [0.4, 0.5) is 0 Å². The maximum Gasteiger partial charge on any atom is 0.243 e. The number of fused-ring (bicyclic) bond motifs is 6. The summed E-state index contributed by atoms with van der Waals surface area (Å²) in [6.07, 6.45) is 0. The van der Waals surface area contributed by atoms with Gasteiger partial charge in [-0.3, -0.25) is 4.79 Å². The molecule has 2 atom stereocenters. The summed E-state index contributed by atoms with van der Waals surface area (Å²) in [5.74, 6) is 0.0304. The van der Waals surface area contributed by atoms with Crippen molar-refractivity contribution in [2.75, 3.05) is 7.05 Å². The van der Waals surface area contributed by atoms with Crippen molar-refractivity contribution in [1.82, 2.24) is 4.90 Å². The molecule has 88 heavy (non-hydrogen) atoms. The highest BCUT2D eigenvalue weighted by Crippen LogP contribution is 2.65. The molecule has 0 N–H and O–H groups in total. The standard InChI is InChI=1S/C86H55NO/c1-87-84(88)85(62-42-22-8-23-43-62)70-50-66-68(77(55-30-12-3-13-31-55)81(59-38-20-7-21-39-59)80(58-36-18-6-19-37-58)76(66)54-28-10-2-11-29-54)52-72(70)86(87,63-44-24-9-25-45-63)73-53-69-67(51-71(73)85)78(56-32-14-4-15-33-56)82-64-46-26-40-60-48-49-61-41-27-47-65(75(61)74(60)64)83(82)79(69)57-34-16-5-17-35-57/h2-53H,1H3/t85-,86+/m1/s1. The quantitative estimate of drug-likeness (QED) is 0.110. The molecule has 16 aromatic carbocycles. The first kappa shape index (κ1) is 50.2. The fourth-order valence-corrected chi connectivity index (χ4v) is 16.4. The number of nitrogens with zero attached hydrogens (tertiary/aromatic N) is 1. The lowest BCUT2D eigenvalue weighted by Crippen LogP contribution is -2.66. The molecule has 0 saturated carbocycles. The summed E-state index contributed by atoms with van der Waals surface area (Å²) in [6.45, 7) is 0. The van der Waals surface area contributed by atoms with Gasteiger partial charge in [-0.15, -0.1) is 0 Å². The molecule has 0 unspecified atom stereocenters. The topological polar surface area (TPSA) is 20.3 Å². The maximum atomic E-state index is 17.4. The van der Waals surface area contributed by atoms with Gasteiger partial charge in [-0.2, -0.15) is 0 Å². The lowest BCUT2D eigenvalue weighted by molar-refractivity contribution is -0.140. The molecule has 3 aliphatic rings. The Hall–Kier alpha value is -11.2. The SMILES string of the molecule is CN1C(=O)[C@]2(c3ccccc3)c3cc4c(-c5ccccc5)c(-c5ccccc5)c(-c5ccccc5)c(-c5ccccc5)c4cc3[C@@]1(c1ccccc1)c1cc3c(-c4ccccc4)c4c5cccc6ccc7cccc(c4c(-c4ccccc4)c3cc12)c7c65. The molecular formula is C86H55NO. The van der Waals surface area contributed by atoms with Crippen LogP contribution in [0, 0.1) is 0 Å². The number of likely N-dealkylation sites (N-methyl/N-ethyl adjacent to an activating group) is 1. The van der Waals surface area contributed by atoms with Crippen LogP contribution in [0.25, 0.3) is 131 Å². The monoisotopic (exact) mass is 1120 g/mol. The molecule has 1 aliphatic carbocycles. The lowest BCUT2D eigenvalue weighted by atomic mass is 9.51. The molecule has 2 heterocycles. The van der Waals surface area contributed by atoms with Gasteiger partial charge in [-0.25, -0.2) is 0 Å². The van der Waals surface area contributed by atoms with E-state index in [1.807, 2.05) is 0 Å². The number of amides is 1. The van der Waals surface area contributed by atoms with Crippen LogP contribution >= 0.6 is 0 Å². The molecule has 0 spiro atoms. The zero-order valence-electron chi connectivity index (χ0n) is 48.4. The summed E-state index contributed by atoms with van der Waals surface area (Å²) >= 11 is 0. The average molecular weight is 1120 g/mol. The van der Waals surface area contributed by atoms with Gasteiger partial charge in [0.1, 0.15) is 11.0 Å². The number of carbonyl (C=O) groups is 1. The van der Waals surface area contributed by atoms with Crippen LogP contribution in [0.5, 0.6) is 0 Å². The molecule has 2 aliphatic heterocycles. The van der Waals surface area contributed by atoms with E-state index < -0.39 is 11.0 Å². The van der Waals surface area contributed by atoms with Crippen molar-refractivity contribution in [3.05, 3.63) is 349 Å². The van der Waals surface area contributed by atoms with Crippen molar-refractivity contribution in [3.8, 4) is 66.8 Å². The summed E-state index contributed by atoms with van der Waals surface area (Å²) in [7, 11) is 2.08. The second-order valence-corrected chi connectivity index (χ2v) is 24.0. The summed E-state index contributed by atoms with van der Waals surface area (Å²) in [4.78, 5) is 19.6. The van der Waals surface area contributed by atoms with Crippen LogP contribution in [0.15, 0.2) is 315 Å². The van der Waals surface area contributed by atoms with Crippen LogP contribution in [0.2, 0.25) is 0 Å². The molecule has 0 aromatic heterocycles. The largest absolute Gasteiger partial charge is 0.326 e. The van der Waals surface area contributed by atoms with Crippen LogP contribution in [0.3, 0.4) is 0 Å². The highest BCUT2D eigenvalue weighted by Gasteiger charge is 2.65. The maximum absolute atomic E-state index is 17.4. The fraction of sp³-hybridized carbons (Fsp3) is 0.0349. The van der Waals surface area contributed by atoms with Gasteiger partial charge in [0, 0.05) is 7.05 Å². The van der Waals surface area contributed by atoms with Crippen molar-refractivity contribution < 1.29 is 4.79 Å². The molecule has 2 nitrogen and oxygen atoms in total. The first-order valence-electron chi connectivity index (χ1n) is 30.6. The third-order valence-corrected chi connectivity index (χ3v) is 19.8. The molecule has 2 heteroatoms. The predicted molar refractivity (Wildman–Crippen MR) is 367 cm³/mol. The minimum absolute atomic E-state index is 0.0304. The molecule has 2 bridgehead atoms. The van der Waals surface area contributed by atoms with Crippen molar-refractivity contribution in [2.45, 2.75) is 11.0 Å². The highest BCUT2D eigenvalue weighted by atomic mass is 16.2. The van der Waals surface area contributed by atoms with Gasteiger partial charge in [0.15, 0.2) is 0 Å². The highest BCUT2D eigenvalue weighted by molar-refractivity contribution is 6.41. The predicted octanol–water partition coefficient (Wildman–Crippen LogP) is 21.5. The van der Waals surface area contributed by atoms with Crippen LogP contribution in [0.1, 0.15) is 33.4 Å². The van der Waals surface area contributed by atoms with Gasteiger partial charge in [-0.1, -0.05) is 291 Å². The molecule has 0 fully saturated rings. The Bertz CT molecular complexity index is 5480. The zero-order valence-corrected chi connectivity index (χ0v) is 48.4. The van der Waals surface area contributed by atoms with Gasteiger partial charge >= 0.3 is 0 Å². The van der Waals surface area contributed by atoms with E-state index in [4.69, 9.17) is 0 Å². The molecule has 19 rings (SSSR count). The van der Waals surface area contributed by atoms with E-state index in [1.54, 1.807) is 0 Å². The van der Waals surface area contributed by atoms with E-state index in [1.165, 1.54) is 48.7 Å². The molecule has 1 amide bonds. The van der Waals surface area contributed by atoms with E-state index in [-0.39, 0.29) is 5.91 Å². The zero-order chi connectivity index (χ0) is 58.2. The molecule has 410 valence electrons. The second kappa shape index (κ2) is 19.2. The van der Waals surface area contributed by atoms with E-state index in [0.717, 1.165) is 116 Å². The van der Waals surface area contributed by atoms with Gasteiger partial charge in [0.2, 0.25) is 5.91 Å². The molecule has 0 radical (unpaired) electrons. The molecule has 0 saturated heterocycles. The lowest BCUT2D eigenvalue weighted by Gasteiger charge is -2.60. The third kappa shape index (κ3) is 6.75. The summed E-state index contributed by atoms with van der Waals surface area (Å²) in [6, 6.07) is 116. The van der Waals surface area contributed by atoms with Crippen LogP contribution in [-0.2, 0) is 15.7 Å². The van der Waals surface area contributed by atoms with E-state index in [0.29, 0.717) is 0 Å². The van der Waals surface area contributed by atoms with E-state index in [9.17, 15) is 0 Å². The van der Waals surface area contributed by atoms with Crippen molar-refractivity contribution in [3.63, 3.8) is 0 Å². The Morgan fingerprint density at radius 3 is 0.909 bits per heavy atom. The fourth-order valence-electron chi connectivity index (χ4n) is 16.4. The Labute approximate surface area is 510 Å². The van der Waals surface area contributed by atoms with Gasteiger partial charge in [0.05, 0.1) is 0 Å². The normalized spacial score (nSPS) is 16.1. The van der Waals surface area contributed by atoms with E-state index >= 15 is 4.79 Å². The van der Waals surface area contributed by atoms with Crippen molar-refractivity contribution in [1.29, 1.82) is 0 Å². The first-order valence-corrected chi connectivity index (χ1v) is 30.6. The Morgan fingerprint density at radius 1 is 0.250 bits per heavy atom. The van der Waals surface area contributed by atoms with E-state index in [2.05, 4.69) is 327 Å². The van der Waals surface area contributed by atoms with Crippen molar-refractivity contribution >= 4 is 70.5 Å². The first-order chi connectivity index (χ1) is 43.5. The summed E-state index contributed by atoms with van der Waals surface area (Å²) in [5, 5.41) is 14.3. The second-order valence-electron chi connectivity index (χ2n) is 24.0. The van der Waals surface area contributed by atoms with Gasteiger partial charge in [-0.05, 0) is 189 Å². The molecule has 16 aromatic rings. The van der Waals surface area contributed by atoms with Crippen LogP contribution in [-0.4, -0.2) is 17.9 Å². The third-order valence-electron chi connectivity index (χ3n) is 19.8. The van der Waals surface area contributed by atoms with Crippen molar-refractivity contribution in [2.24, 2.45) is 0 Å². The minimum atomic E-state index is -1.33. The summed E-state index contributed by atoms with van der Waals surface area (Å²) in [5.41, 5.74) is 17.3. The van der Waals surface area contributed by atoms with Crippen LogP contribution < -0.4 is 0 Å². The number of hydrogen-bond acceptors (Lipinski definition) is 1. The van der Waals surface area contributed by atoms with Gasteiger partial charge in [0.25, 0.3) is 0 Å². The average Bonchev–Trinajstić information content (AvgIpc) is 0.669. The minimum Gasteiger partial charge on any atom is -0.326 e. The smallest absolute Gasteiger partial charge is 0.243 e. The summed E-state index contributed by atoms with van der Waals surface area (Å²) < 4.78 is 0. The number of carbonyl (C=O) groups excluding carboxylic acids is 1. The Kier molecular flexibility index (Phi) is 10.9. The van der Waals surface area contributed by atoms with Gasteiger partial charge < -0.3 is 4.90 Å². The Balaban J connectivity index is 1.11. The number of hydrogen-bond donors (Lipinski definition) is 0.